The molecular formula is C11H11N3O3S3. The van der Waals surface area contributed by atoms with Gasteiger partial charge in [0.25, 0.3) is 0 Å². The first-order valence-electron chi connectivity index (χ1n) is 5.57. The van der Waals surface area contributed by atoms with Gasteiger partial charge in [0.2, 0.25) is 0 Å². The van der Waals surface area contributed by atoms with Crippen molar-refractivity contribution in [3.63, 3.8) is 0 Å². The number of rotatable bonds is 7. The Bertz CT molecular complexity index is 591. The van der Waals surface area contributed by atoms with Gasteiger partial charge in [0, 0.05) is 11.8 Å². The van der Waals surface area contributed by atoms with Crippen LogP contribution in [0.1, 0.15) is 0 Å². The monoisotopic (exact) mass is 329 g/mol. The van der Waals surface area contributed by atoms with Crippen molar-refractivity contribution >= 4 is 40.5 Å². The number of para-hydroxylation sites is 2. The van der Waals surface area contributed by atoms with Crippen molar-refractivity contribution in [2.45, 2.75) is 8.68 Å². The van der Waals surface area contributed by atoms with Crippen molar-refractivity contribution in [1.82, 2.24) is 10.2 Å². The predicted octanol–water partition coefficient (Wildman–Crippen LogP) is 3.34. The second-order valence-electron chi connectivity index (χ2n) is 3.46. The Morgan fingerprint density at radius 1 is 1.35 bits per heavy atom. The molecule has 20 heavy (non-hydrogen) atoms. The van der Waals surface area contributed by atoms with Gasteiger partial charge in [-0.2, -0.15) is 0 Å². The van der Waals surface area contributed by atoms with Gasteiger partial charge in [-0.25, -0.2) is 0 Å². The van der Waals surface area contributed by atoms with Gasteiger partial charge in [0.15, 0.2) is 14.4 Å². The van der Waals surface area contributed by atoms with Crippen LogP contribution in [0.15, 0.2) is 32.9 Å². The molecule has 106 valence electrons. The normalized spacial score (nSPS) is 10.4. The maximum Gasteiger partial charge on any atom is 0.310 e. The number of benzene rings is 1. The van der Waals surface area contributed by atoms with Crippen LogP contribution in [0.25, 0.3) is 0 Å². The fraction of sp³-hybridized carbons (Fsp3) is 0.273. The van der Waals surface area contributed by atoms with E-state index in [9.17, 15) is 10.1 Å². The Labute approximate surface area is 128 Å². The first-order valence-corrected chi connectivity index (χ1v) is 8.60. The molecule has 0 saturated carbocycles. The van der Waals surface area contributed by atoms with Crippen molar-refractivity contribution in [3.8, 4) is 5.75 Å². The van der Waals surface area contributed by atoms with Gasteiger partial charge in [0.1, 0.15) is 0 Å². The highest BCUT2D eigenvalue weighted by atomic mass is 32.2. The number of nitro benzene ring substituents is 1. The molecule has 2 rings (SSSR count). The molecule has 0 unspecified atom stereocenters. The fourth-order valence-electron chi connectivity index (χ4n) is 1.35. The summed E-state index contributed by atoms with van der Waals surface area (Å²) in [6.07, 6.45) is 1.95. The van der Waals surface area contributed by atoms with Crippen molar-refractivity contribution in [3.05, 3.63) is 34.4 Å². The highest BCUT2D eigenvalue weighted by Gasteiger charge is 2.13. The predicted molar refractivity (Wildman–Crippen MR) is 81.0 cm³/mol. The summed E-state index contributed by atoms with van der Waals surface area (Å²) in [4.78, 5) is 10.4. The van der Waals surface area contributed by atoms with Crippen LogP contribution in [0.3, 0.4) is 0 Å². The molecular weight excluding hydrogens is 318 g/mol. The Morgan fingerprint density at radius 2 is 2.10 bits per heavy atom. The third-order valence-corrected chi connectivity index (χ3v) is 5.19. The van der Waals surface area contributed by atoms with Gasteiger partial charge in [-0.15, -0.1) is 10.2 Å². The lowest BCUT2D eigenvalue weighted by Gasteiger charge is -2.05. The van der Waals surface area contributed by atoms with Crippen molar-refractivity contribution < 1.29 is 9.66 Å². The molecule has 0 amide bonds. The molecule has 0 fully saturated rings. The average molecular weight is 329 g/mol. The average Bonchev–Trinajstić information content (AvgIpc) is 2.92. The lowest BCUT2D eigenvalue weighted by molar-refractivity contribution is -0.385. The maximum absolute atomic E-state index is 10.8. The summed E-state index contributed by atoms with van der Waals surface area (Å²) in [5, 5.41) is 18.8. The molecule has 0 atom stereocenters. The first-order chi connectivity index (χ1) is 9.70. The number of thioether (sulfide) groups is 2. The highest BCUT2D eigenvalue weighted by molar-refractivity contribution is 8.02. The van der Waals surface area contributed by atoms with Crippen molar-refractivity contribution in [2.24, 2.45) is 0 Å². The molecule has 0 spiro atoms. The third kappa shape index (κ3) is 4.09. The number of ether oxygens (including phenoxy) is 1. The summed E-state index contributed by atoms with van der Waals surface area (Å²) < 4.78 is 7.24. The molecule has 0 radical (unpaired) electrons. The van der Waals surface area contributed by atoms with Crippen LogP contribution in [0.5, 0.6) is 5.75 Å². The zero-order valence-corrected chi connectivity index (χ0v) is 13.0. The summed E-state index contributed by atoms with van der Waals surface area (Å²) in [6.45, 7) is 0.379. The fourth-order valence-corrected chi connectivity index (χ4v) is 3.67. The molecule has 0 bridgehead atoms. The smallest absolute Gasteiger partial charge is 0.310 e. The number of nitrogens with zero attached hydrogens (tertiary/aromatic N) is 3. The topological polar surface area (TPSA) is 78.2 Å². The van der Waals surface area contributed by atoms with Gasteiger partial charge in [0.05, 0.1) is 11.5 Å². The maximum atomic E-state index is 10.8. The van der Waals surface area contributed by atoms with E-state index in [-0.39, 0.29) is 5.69 Å². The molecule has 1 heterocycles. The third-order valence-electron chi connectivity index (χ3n) is 2.19. The van der Waals surface area contributed by atoms with Crippen LogP contribution in [0.4, 0.5) is 5.69 Å². The van der Waals surface area contributed by atoms with Crippen molar-refractivity contribution in [2.75, 3.05) is 18.6 Å². The number of hydrogen-bond donors (Lipinski definition) is 0. The Morgan fingerprint density at radius 3 is 2.80 bits per heavy atom. The summed E-state index contributed by atoms with van der Waals surface area (Å²) in [6, 6.07) is 6.35. The quantitative estimate of drug-likeness (QED) is 0.333. The first kappa shape index (κ1) is 15.1. The molecule has 0 aliphatic rings. The van der Waals surface area contributed by atoms with E-state index in [0.29, 0.717) is 18.1 Å². The van der Waals surface area contributed by atoms with Gasteiger partial charge < -0.3 is 4.74 Å². The van der Waals surface area contributed by atoms with Crippen LogP contribution >= 0.6 is 34.9 Å². The minimum absolute atomic E-state index is 0.0157. The van der Waals surface area contributed by atoms with Crippen LogP contribution in [0, 0.1) is 10.1 Å². The number of nitro groups is 1. The highest BCUT2D eigenvalue weighted by Crippen LogP contribution is 2.28. The lowest BCUT2D eigenvalue weighted by atomic mass is 10.3. The van der Waals surface area contributed by atoms with E-state index in [4.69, 9.17) is 4.74 Å². The molecule has 6 nitrogen and oxygen atoms in total. The van der Waals surface area contributed by atoms with E-state index in [1.807, 2.05) is 6.26 Å². The molecule has 1 aromatic heterocycles. The van der Waals surface area contributed by atoms with Crippen LogP contribution in [-0.2, 0) is 0 Å². The zero-order chi connectivity index (χ0) is 14.4. The molecule has 2 aromatic rings. The molecule has 0 saturated heterocycles. The van der Waals surface area contributed by atoms with E-state index in [1.165, 1.54) is 29.2 Å². The Hall–Kier alpha value is -1.32. The van der Waals surface area contributed by atoms with Gasteiger partial charge in [-0.05, 0) is 12.3 Å². The van der Waals surface area contributed by atoms with Gasteiger partial charge in [-0.1, -0.05) is 47.0 Å². The van der Waals surface area contributed by atoms with E-state index in [1.54, 1.807) is 30.0 Å². The summed E-state index contributed by atoms with van der Waals surface area (Å²) in [5.74, 6) is 0.954. The van der Waals surface area contributed by atoms with E-state index >= 15 is 0 Å². The molecule has 0 aliphatic heterocycles. The number of hydrogen-bond acceptors (Lipinski definition) is 8. The molecule has 9 heteroatoms. The van der Waals surface area contributed by atoms with E-state index in [0.717, 1.165) is 8.68 Å². The second kappa shape index (κ2) is 7.46. The van der Waals surface area contributed by atoms with Crippen LogP contribution < -0.4 is 4.74 Å². The van der Waals surface area contributed by atoms with Crippen LogP contribution in [-0.4, -0.2) is 33.7 Å². The second-order valence-corrected chi connectivity index (χ2v) is 6.83. The minimum Gasteiger partial charge on any atom is -0.486 e. The standard InChI is InChI=1S/C11H11N3O3S3/c1-18-10-12-13-11(20-10)19-7-6-17-9-5-3-2-4-8(9)14(15)16/h2-5H,6-7H2,1H3. The largest absolute Gasteiger partial charge is 0.486 e. The summed E-state index contributed by atoms with van der Waals surface area (Å²) in [5.41, 5.74) is -0.0157. The minimum atomic E-state index is -0.446. The lowest BCUT2D eigenvalue weighted by Crippen LogP contribution is -2.02. The molecule has 0 aliphatic carbocycles. The molecule has 1 aromatic carbocycles. The van der Waals surface area contributed by atoms with Crippen LogP contribution in [0.2, 0.25) is 0 Å². The summed E-state index contributed by atoms with van der Waals surface area (Å²) >= 11 is 4.61. The molecule has 0 N–H and O–H groups in total. The summed E-state index contributed by atoms with van der Waals surface area (Å²) in [7, 11) is 0. The SMILES string of the molecule is CSc1nnc(SCCOc2ccccc2[N+](=O)[O-])s1. The van der Waals surface area contributed by atoms with Gasteiger partial charge >= 0.3 is 5.69 Å². The number of aromatic nitrogens is 2. The Balaban J connectivity index is 1.83. The van der Waals surface area contributed by atoms with Gasteiger partial charge in [-0.3, -0.25) is 10.1 Å². The van der Waals surface area contributed by atoms with E-state index < -0.39 is 4.92 Å². The zero-order valence-electron chi connectivity index (χ0n) is 10.5. The Kier molecular flexibility index (Phi) is 5.62. The van der Waals surface area contributed by atoms with Crippen molar-refractivity contribution in [1.29, 1.82) is 0 Å². The van der Waals surface area contributed by atoms with E-state index in [2.05, 4.69) is 10.2 Å².